The Balaban J connectivity index is 2.27. The zero-order valence-electron chi connectivity index (χ0n) is 13.2. The van der Waals surface area contributed by atoms with Crippen LogP contribution in [-0.4, -0.2) is 36.6 Å². The summed E-state index contributed by atoms with van der Waals surface area (Å²) in [5.41, 5.74) is -0.132. The number of benzene rings is 1. The van der Waals surface area contributed by atoms with Crippen LogP contribution in [-0.2, 0) is 14.3 Å². The predicted molar refractivity (Wildman–Crippen MR) is 87.3 cm³/mol. The second-order valence-electron chi connectivity index (χ2n) is 5.65. The first kappa shape index (κ1) is 18.8. The van der Waals surface area contributed by atoms with Gasteiger partial charge in [-0.3, -0.25) is 9.59 Å². The number of rotatable bonds is 4. The number of halogens is 1. The van der Waals surface area contributed by atoms with Crippen molar-refractivity contribution in [2.45, 2.75) is 26.4 Å². The van der Waals surface area contributed by atoms with Gasteiger partial charge in [-0.05, 0) is 45.0 Å². The molecule has 0 saturated heterocycles. The smallest absolute Gasteiger partial charge is 0.407 e. The van der Waals surface area contributed by atoms with Gasteiger partial charge in [0, 0.05) is 23.8 Å². The summed E-state index contributed by atoms with van der Waals surface area (Å²) in [7, 11) is 0. The Hall–Kier alpha value is -2.28. The topological polar surface area (TPSA) is 96.5 Å². The highest BCUT2D eigenvalue weighted by Crippen LogP contribution is 2.13. The third-order valence-corrected chi connectivity index (χ3v) is 2.64. The zero-order chi connectivity index (χ0) is 17.5. The molecular formula is C15H20ClN3O4. The summed E-state index contributed by atoms with van der Waals surface area (Å²) in [5, 5.41) is 7.81. The van der Waals surface area contributed by atoms with Gasteiger partial charge in [0.25, 0.3) is 0 Å². The fourth-order valence-corrected chi connectivity index (χ4v) is 1.58. The molecule has 1 aromatic rings. The molecule has 0 aromatic heterocycles. The van der Waals surface area contributed by atoms with Crippen LogP contribution in [0.2, 0.25) is 5.02 Å². The molecule has 3 N–H and O–H groups in total. The summed E-state index contributed by atoms with van der Waals surface area (Å²) in [6.07, 6.45) is -0.586. The molecule has 3 amide bonds. The average Bonchev–Trinajstić information content (AvgIpc) is 2.44. The quantitative estimate of drug-likeness (QED) is 0.575. The Morgan fingerprint density at radius 3 is 2.13 bits per heavy atom. The minimum atomic E-state index is -0.801. The van der Waals surface area contributed by atoms with Gasteiger partial charge in [-0.2, -0.15) is 0 Å². The van der Waals surface area contributed by atoms with Crippen molar-refractivity contribution in [3.05, 3.63) is 29.3 Å². The van der Waals surface area contributed by atoms with Crippen molar-refractivity contribution < 1.29 is 19.1 Å². The van der Waals surface area contributed by atoms with Crippen molar-refractivity contribution in [3.8, 4) is 0 Å². The lowest BCUT2D eigenvalue weighted by molar-refractivity contribution is -0.136. The van der Waals surface area contributed by atoms with E-state index >= 15 is 0 Å². The number of nitrogens with one attached hydrogen (secondary N) is 3. The lowest BCUT2D eigenvalue weighted by Gasteiger charge is -2.19. The lowest BCUT2D eigenvalue weighted by atomic mass is 10.2. The average molecular weight is 342 g/mol. The highest BCUT2D eigenvalue weighted by Gasteiger charge is 2.16. The molecule has 0 aliphatic heterocycles. The number of hydrogen-bond acceptors (Lipinski definition) is 4. The minimum absolute atomic E-state index is 0.103. The van der Waals surface area contributed by atoms with Gasteiger partial charge in [-0.25, -0.2) is 4.79 Å². The molecule has 1 aromatic carbocycles. The van der Waals surface area contributed by atoms with Crippen LogP contribution in [0.5, 0.6) is 0 Å². The lowest BCUT2D eigenvalue weighted by Crippen LogP contribution is -2.41. The maximum atomic E-state index is 11.6. The standard InChI is InChI=1S/C15H20ClN3O4/c1-15(2,3)23-14(22)18-9-8-17-12(20)13(21)19-11-6-4-10(16)5-7-11/h4-7H,8-9H2,1-3H3,(H,17,20)(H,18,22)(H,19,21). The number of anilines is 1. The van der Waals surface area contributed by atoms with E-state index in [1.54, 1.807) is 45.0 Å². The first-order chi connectivity index (χ1) is 10.7. The van der Waals surface area contributed by atoms with Crippen molar-refractivity contribution >= 4 is 35.2 Å². The number of alkyl carbamates (subject to hydrolysis) is 1. The number of amides is 3. The van der Waals surface area contributed by atoms with E-state index in [0.29, 0.717) is 10.7 Å². The highest BCUT2D eigenvalue weighted by molar-refractivity contribution is 6.39. The monoisotopic (exact) mass is 341 g/mol. The summed E-state index contributed by atoms with van der Waals surface area (Å²) in [6, 6.07) is 6.36. The highest BCUT2D eigenvalue weighted by atomic mass is 35.5. The van der Waals surface area contributed by atoms with E-state index in [0.717, 1.165) is 0 Å². The van der Waals surface area contributed by atoms with Gasteiger partial charge in [-0.15, -0.1) is 0 Å². The third kappa shape index (κ3) is 8.06. The molecule has 0 saturated carbocycles. The molecule has 1 rings (SSSR count). The second-order valence-corrected chi connectivity index (χ2v) is 6.08. The number of carbonyl (C=O) groups excluding carboxylic acids is 3. The third-order valence-electron chi connectivity index (χ3n) is 2.39. The van der Waals surface area contributed by atoms with E-state index in [1.807, 2.05) is 0 Å². The van der Waals surface area contributed by atoms with Crippen molar-refractivity contribution in [1.82, 2.24) is 10.6 Å². The largest absolute Gasteiger partial charge is 0.444 e. The Bertz CT molecular complexity index is 567. The molecule has 0 aliphatic carbocycles. The molecule has 23 heavy (non-hydrogen) atoms. The van der Waals surface area contributed by atoms with E-state index in [1.165, 1.54) is 0 Å². The summed E-state index contributed by atoms with van der Waals surface area (Å²) in [6.45, 7) is 5.49. The van der Waals surface area contributed by atoms with Crippen molar-refractivity contribution in [1.29, 1.82) is 0 Å². The van der Waals surface area contributed by atoms with Crippen molar-refractivity contribution in [2.75, 3.05) is 18.4 Å². The van der Waals surface area contributed by atoms with E-state index < -0.39 is 23.5 Å². The van der Waals surface area contributed by atoms with E-state index in [9.17, 15) is 14.4 Å². The van der Waals surface area contributed by atoms with Crippen LogP contribution < -0.4 is 16.0 Å². The summed E-state index contributed by atoms with van der Waals surface area (Å²) >= 11 is 5.72. The molecule has 7 nitrogen and oxygen atoms in total. The predicted octanol–water partition coefficient (Wildman–Crippen LogP) is 1.92. The number of hydrogen-bond donors (Lipinski definition) is 3. The van der Waals surface area contributed by atoms with Gasteiger partial charge in [0.1, 0.15) is 5.60 Å². The maximum Gasteiger partial charge on any atom is 0.407 e. The minimum Gasteiger partial charge on any atom is -0.444 e. The van der Waals surface area contributed by atoms with Gasteiger partial charge >= 0.3 is 17.9 Å². The van der Waals surface area contributed by atoms with Gasteiger partial charge in [-0.1, -0.05) is 11.6 Å². The van der Waals surface area contributed by atoms with Crippen molar-refractivity contribution in [2.24, 2.45) is 0 Å². The number of ether oxygens (including phenoxy) is 1. The SMILES string of the molecule is CC(C)(C)OC(=O)NCCNC(=O)C(=O)Nc1ccc(Cl)cc1. The van der Waals surface area contributed by atoms with Crippen LogP contribution in [0.3, 0.4) is 0 Å². The Morgan fingerprint density at radius 1 is 1.00 bits per heavy atom. The van der Waals surface area contributed by atoms with E-state index in [2.05, 4.69) is 16.0 Å². The summed E-state index contributed by atoms with van der Waals surface area (Å²) < 4.78 is 5.03. The van der Waals surface area contributed by atoms with Gasteiger partial charge in [0.2, 0.25) is 0 Å². The number of carbonyl (C=O) groups is 3. The summed E-state index contributed by atoms with van der Waals surface area (Å²) in [4.78, 5) is 34.6. The van der Waals surface area contributed by atoms with E-state index in [-0.39, 0.29) is 13.1 Å². The fourth-order valence-electron chi connectivity index (χ4n) is 1.46. The molecule has 0 radical (unpaired) electrons. The molecule has 0 aliphatic rings. The molecule has 0 spiro atoms. The van der Waals surface area contributed by atoms with Gasteiger partial charge in [0.05, 0.1) is 0 Å². The van der Waals surface area contributed by atoms with Crippen LogP contribution in [0.1, 0.15) is 20.8 Å². The fraction of sp³-hybridized carbons (Fsp3) is 0.400. The molecule has 8 heteroatoms. The van der Waals surface area contributed by atoms with Crippen LogP contribution in [0.15, 0.2) is 24.3 Å². The van der Waals surface area contributed by atoms with Crippen LogP contribution >= 0.6 is 11.6 Å². The molecule has 0 unspecified atom stereocenters. The first-order valence-electron chi connectivity index (χ1n) is 6.99. The van der Waals surface area contributed by atoms with Crippen molar-refractivity contribution in [3.63, 3.8) is 0 Å². The second kappa shape index (κ2) is 8.38. The molecule has 0 heterocycles. The molecule has 0 bridgehead atoms. The Morgan fingerprint density at radius 2 is 1.57 bits per heavy atom. The molecule has 0 fully saturated rings. The first-order valence-corrected chi connectivity index (χ1v) is 7.37. The van der Waals surface area contributed by atoms with Gasteiger partial charge in [0.15, 0.2) is 0 Å². The zero-order valence-corrected chi connectivity index (χ0v) is 14.0. The Labute approximate surface area is 139 Å². The molecule has 126 valence electrons. The van der Waals surface area contributed by atoms with Crippen LogP contribution in [0.25, 0.3) is 0 Å². The van der Waals surface area contributed by atoms with Crippen LogP contribution in [0.4, 0.5) is 10.5 Å². The van der Waals surface area contributed by atoms with Gasteiger partial charge < -0.3 is 20.7 Å². The molecule has 0 atom stereocenters. The van der Waals surface area contributed by atoms with Crippen LogP contribution in [0, 0.1) is 0 Å². The summed E-state index contributed by atoms with van der Waals surface area (Å²) in [5.74, 6) is -1.60. The Kier molecular flexibility index (Phi) is 6.84. The van der Waals surface area contributed by atoms with E-state index in [4.69, 9.17) is 16.3 Å². The molecular weight excluding hydrogens is 322 g/mol. The maximum absolute atomic E-state index is 11.6. The normalized spacial score (nSPS) is 10.6.